The molecule has 182 valence electrons. The first-order chi connectivity index (χ1) is 18.5. The van der Waals surface area contributed by atoms with Crippen LogP contribution in [0.15, 0.2) is 97.1 Å². The standard InChI is InChI=1S/C31H21N5O2/c1-38-25-14-12-24(13-15-25)36-27(23-10-6-3-7-11-23)31(28(36)37)17-16-26(22-8-4-2-5-9-22)29(18-32,19-33)30(31,20-34)21-35/h2-17,26-27H,1H3/t26?,27-,31-/m1/s1. The van der Waals surface area contributed by atoms with Crippen LogP contribution in [-0.4, -0.2) is 13.0 Å². The molecule has 1 spiro atoms. The molecule has 0 aromatic heterocycles. The zero-order valence-electron chi connectivity index (χ0n) is 20.4. The third kappa shape index (κ3) is 2.88. The van der Waals surface area contributed by atoms with Crippen molar-refractivity contribution in [3.63, 3.8) is 0 Å². The van der Waals surface area contributed by atoms with E-state index in [2.05, 4.69) is 0 Å². The number of hydrogen-bond acceptors (Lipinski definition) is 6. The van der Waals surface area contributed by atoms with Gasteiger partial charge in [0.15, 0.2) is 10.8 Å². The Morgan fingerprint density at radius 1 is 0.763 bits per heavy atom. The molecule has 0 bridgehead atoms. The van der Waals surface area contributed by atoms with E-state index >= 15 is 0 Å². The van der Waals surface area contributed by atoms with Crippen molar-refractivity contribution in [2.24, 2.45) is 16.2 Å². The summed E-state index contributed by atoms with van der Waals surface area (Å²) >= 11 is 0. The number of methoxy groups -OCH3 is 1. The summed E-state index contributed by atoms with van der Waals surface area (Å²) in [5.41, 5.74) is -4.45. The molecule has 1 unspecified atom stereocenters. The van der Waals surface area contributed by atoms with Gasteiger partial charge in [0.2, 0.25) is 5.91 Å². The predicted octanol–water partition coefficient (Wildman–Crippen LogP) is 5.19. The fourth-order valence-electron chi connectivity index (χ4n) is 5.97. The van der Waals surface area contributed by atoms with Gasteiger partial charge < -0.3 is 9.64 Å². The molecule has 5 rings (SSSR count). The molecular formula is C31H21N5O2. The summed E-state index contributed by atoms with van der Waals surface area (Å²) in [4.78, 5) is 15.8. The number of hydrogen-bond donors (Lipinski definition) is 0. The fraction of sp³-hybridized carbons (Fsp3) is 0.194. The zero-order chi connectivity index (χ0) is 27.0. The Labute approximate surface area is 220 Å². The van der Waals surface area contributed by atoms with Crippen LogP contribution in [0, 0.1) is 61.6 Å². The zero-order valence-corrected chi connectivity index (χ0v) is 20.4. The van der Waals surface area contributed by atoms with Crippen molar-refractivity contribution in [1.82, 2.24) is 0 Å². The molecule has 1 saturated heterocycles. The number of amides is 1. The van der Waals surface area contributed by atoms with Crippen LogP contribution in [0.3, 0.4) is 0 Å². The summed E-state index contributed by atoms with van der Waals surface area (Å²) in [6, 6.07) is 32.1. The van der Waals surface area contributed by atoms with Gasteiger partial charge in [0.1, 0.15) is 11.2 Å². The highest BCUT2D eigenvalue weighted by molar-refractivity contribution is 6.09. The summed E-state index contributed by atoms with van der Waals surface area (Å²) in [6.07, 6.45) is 3.23. The smallest absolute Gasteiger partial charge is 0.242 e. The average Bonchev–Trinajstić information content (AvgIpc) is 2.99. The quantitative estimate of drug-likeness (QED) is 0.362. The lowest BCUT2D eigenvalue weighted by Crippen LogP contribution is -2.73. The van der Waals surface area contributed by atoms with Crippen LogP contribution in [0.5, 0.6) is 5.75 Å². The largest absolute Gasteiger partial charge is 0.497 e. The van der Waals surface area contributed by atoms with Crippen LogP contribution in [0.25, 0.3) is 0 Å². The Balaban J connectivity index is 1.81. The maximum absolute atomic E-state index is 14.3. The number of allylic oxidation sites excluding steroid dienone is 1. The molecule has 7 heteroatoms. The third-order valence-electron chi connectivity index (χ3n) is 7.80. The van der Waals surface area contributed by atoms with Gasteiger partial charge in [-0.1, -0.05) is 72.8 Å². The molecule has 0 N–H and O–H groups in total. The summed E-state index contributed by atoms with van der Waals surface area (Å²) < 4.78 is 5.25. The molecule has 0 saturated carbocycles. The molecule has 3 aromatic carbocycles. The van der Waals surface area contributed by atoms with Crippen LogP contribution in [0.4, 0.5) is 5.69 Å². The topological polar surface area (TPSA) is 125 Å². The second kappa shape index (κ2) is 8.94. The van der Waals surface area contributed by atoms with Gasteiger partial charge >= 0.3 is 0 Å². The number of ether oxygens (including phenoxy) is 1. The van der Waals surface area contributed by atoms with Crippen LogP contribution < -0.4 is 9.64 Å². The van der Waals surface area contributed by atoms with E-state index in [0.717, 1.165) is 0 Å². The molecule has 1 amide bonds. The van der Waals surface area contributed by atoms with E-state index in [1.165, 1.54) is 4.90 Å². The van der Waals surface area contributed by atoms with E-state index in [4.69, 9.17) is 4.74 Å². The second-order valence-electron chi connectivity index (χ2n) is 9.31. The van der Waals surface area contributed by atoms with Crippen LogP contribution >= 0.6 is 0 Å². The highest BCUT2D eigenvalue weighted by Crippen LogP contribution is 2.71. The first kappa shape index (κ1) is 24.3. The minimum atomic E-state index is -2.32. The number of anilines is 1. The maximum Gasteiger partial charge on any atom is 0.242 e. The molecule has 1 heterocycles. The molecular weight excluding hydrogens is 474 g/mol. The number of β-lactam (4-membered cyclic amide) rings is 1. The normalized spacial score (nSPS) is 24.2. The van der Waals surface area contributed by atoms with Gasteiger partial charge in [-0.25, -0.2) is 0 Å². The van der Waals surface area contributed by atoms with E-state index in [9.17, 15) is 25.8 Å². The van der Waals surface area contributed by atoms with Crippen molar-refractivity contribution in [1.29, 1.82) is 21.0 Å². The number of nitrogens with zero attached hydrogens (tertiary/aromatic N) is 5. The number of carbonyl (C=O) groups excluding carboxylic acids is 1. The Bertz CT molecular complexity index is 1560. The number of rotatable bonds is 4. The molecule has 3 atom stereocenters. The highest BCUT2D eigenvalue weighted by Gasteiger charge is 2.80. The van der Waals surface area contributed by atoms with Crippen molar-refractivity contribution >= 4 is 11.6 Å². The van der Waals surface area contributed by atoms with Gasteiger partial charge in [0.25, 0.3) is 0 Å². The summed E-state index contributed by atoms with van der Waals surface area (Å²) in [6.45, 7) is 0. The second-order valence-corrected chi connectivity index (χ2v) is 9.31. The lowest BCUT2D eigenvalue weighted by atomic mass is 9.40. The lowest BCUT2D eigenvalue weighted by molar-refractivity contribution is -0.145. The van der Waals surface area contributed by atoms with Gasteiger partial charge in [-0.05, 0) is 35.4 Å². The SMILES string of the molecule is COc1ccc(N2C(=O)[C@@]3(C=CC(c4ccccc4)C(C#N)(C#N)C3(C#N)C#N)[C@H]2c2ccccc2)cc1. The molecule has 7 nitrogen and oxygen atoms in total. The highest BCUT2D eigenvalue weighted by atomic mass is 16.5. The first-order valence-electron chi connectivity index (χ1n) is 11.9. The van der Waals surface area contributed by atoms with Crippen molar-refractivity contribution in [2.75, 3.05) is 12.0 Å². The number of carbonyl (C=O) groups is 1. The van der Waals surface area contributed by atoms with E-state index in [1.807, 2.05) is 42.5 Å². The number of nitriles is 4. The van der Waals surface area contributed by atoms with E-state index < -0.39 is 34.1 Å². The van der Waals surface area contributed by atoms with Crippen molar-refractivity contribution in [2.45, 2.75) is 12.0 Å². The molecule has 1 aliphatic heterocycles. The van der Waals surface area contributed by atoms with Gasteiger partial charge in [0, 0.05) is 11.6 Å². The van der Waals surface area contributed by atoms with Crippen LogP contribution in [0.1, 0.15) is 23.1 Å². The van der Waals surface area contributed by atoms with Gasteiger partial charge in [0.05, 0.1) is 37.4 Å². The minimum Gasteiger partial charge on any atom is -0.497 e. The van der Waals surface area contributed by atoms with Crippen LogP contribution in [0.2, 0.25) is 0 Å². The van der Waals surface area contributed by atoms with E-state index in [1.54, 1.807) is 86.0 Å². The molecule has 2 aliphatic rings. The molecule has 3 aromatic rings. The van der Waals surface area contributed by atoms with Crippen molar-refractivity contribution < 1.29 is 9.53 Å². The predicted molar refractivity (Wildman–Crippen MR) is 138 cm³/mol. The Morgan fingerprint density at radius 2 is 1.32 bits per heavy atom. The number of benzene rings is 3. The van der Waals surface area contributed by atoms with Gasteiger partial charge in [-0.15, -0.1) is 0 Å². The molecule has 1 aliphatic carbocycles. The minimum absolute atomic E-state index is 0.530. The lowest BCUT2D eigenvalue weighted by Gasteiger charge is -2.62. The summed E-state index contributed by atoms with van der Waals surface area (Å²) in [5, 5.41) is 42.6. The maximum atomic E-state index is 14.3. The Morgan fingerprint density at radius 3 is 1.82 bits per heavy atom. The molecule has 38 heavy (non-hydrogen) atoms. The van der Waals surface area contributed by atoms with Crippen molar-refractivity contribution in [3.05, 3.63) is 108 Å². The van der Waals surface area contributed by atoms with Gasteiger partial charge in [-0.2, -0.15) is 21.0 Å². The van der Waals surface area contributed by atoms with E-state index in [-0.39, 0.29) is 0 Å². The Kier molecular flexibility index (Phi) is 5.72. The summed E-state index contributed by atoms with van der Waals surface area (Å²) in [5.74, 6) is -0.826. The van der Waals surface area contributed by atoms with E-state index in [0.29, 0.717) is 22.6 Å². The van der Waals surface area contributed by atoms with Crippen LogP contribution in [-0.2, 0) is 4.79 Å². The molecule has 1 fully saturated rings. The average molecular weight is 496 g/mol. The monoisotopic (exact) mass is 495 g/mol. The van der Waals surface area contributed by atoms with Crippen molar-refractivity contribution in [3.8, 4) is 30.0 Å². The fourth-order valence-corrected chi connectivity index (χ4v) is 5.97. The first-order valence-corrected chi connectivity index (χ1v) is 11.9. The Hall–Kier alpha value is -5.37. The van der Waals surface area contributed by atoms with Gasteiger partial charge in [-0.3, -0.25) is 4.79 Å². The third-order valence-corrected chi connectivity index (χ3v) is 7.80. The summed E-state index contributed by atoms with van der Waals surface area (Å²) in [7, 11) is 1.54. The molecule has 0 radical (unpaired) electrons.